The minimum Gasteiger partial charge on any atom is -0.383 e. The molecular weight excluding hydrogens is 398 g/mol. The van der Waals surface area contributed by atoms with Gasteiger partial charge in [-0.3, -0.25) is 14.2 Å². The van der Waals surface area contributed by atoms with E-state index in [9.17, 15) is 9.59 Å². The van der Waals surface area contributed by atoms with E-state index in [0.717, 1.165) is 0 Å². The number of carbonyl (C=O) groups is 1. The van der Waals surface area contributed by atoms with Gasteiger partial charge in [-0.2, -0.15) is 0 Å². The molecule has 146 valence electrons. The first-order valence-electron chi connectivity index (χ1n) is 8.72. The normalized spacial score (nSPS) is 12.1. The number of rotatable bonds is 7. The lowest BCUT2D eigenvalue weighted by Gasteiger charge is -2.16. The number of carbonyl (C=O) groups excluding carboxylic acids is 1. The van der Waals surface area contributed by atoms with Crippen LogP contribution in [0.5, 0.6) is 0 Å². The molecule has 1 N–H and O–H groups in total. The van der Waals surface area contributed by atoms with Crippen LogP contribution in [0.3, 0.4) is 0 Å². The number of nitrogens with one attached hydrogen (secondary N) is 1. The Bertz CT molecular complexity index is 1050. The van der Waals surface area contributed by atoms with E-state index in [1.807, 2.05) is 6.07 Å². The number of fused-ring (bicyclic) bond motifs is 1. The highest BCUT2D eigenvalue weighted by molar-refractivity contribution is 8.00. The van der Waals surface area contributed by atoms with Crippen molar-refractivity contribution in [2.24, 2.45) is 0 Å². The summed E-state index contributed by atoms with van der Waals surface area (Å²) in [6.45, 7) is 2.63. The number of thioether (sulfide) groups is 1. The molecule has 3 rings (SSSR count). The largest absolute Gasteiger partial charge is 0.383 e. The van der Waals surface area contributed by atoms with E-state index in [2.05, 4.69) is 10.3 Å². The number of hydrogen-bond acceptors (Lipinski definition) is 5. The highest BCUT2D eigenvalue weighted by Gasteiger charge is 2.20. The Morgan fingerprint density at radius 1 is 1.29 bits per heavy atom. The third-order valence-electron chi connectivity index (χ3n) is 4.07. The Hall–Kier alpha value is -2.35. The summed E-state index contributed by atoms with van der Waals surface area (Å²) in [5.74, 6) is -0.151. The molecule has 1 amide bonds. The maximum Gasteiger partial charge on any atom is 0.266 e. The number of nitrogens with zero attached hydrogens (tertiary/aromatic N) is 2. The van der Waals surface area contributed by atoms with Gasteiger partial charge in [-0.1, -0.05) is 41.6 Å². The van der Waals surface area contributed by atoms with Crippen LogP contribution in [0, 0.1) is 0 Å². The minimum absolute atomic E-state index is 0.151. The standard InChI is InChI=1S/C20H20ClN3O3S/c1-13(18(25)22-10-11-27-2)28-20-23-17-9-4-3-8-16(17)19(26)24(20)15-7-5-6-14(21)12-15/h3-9,12-13H,10-11H2,1-2H3,(H,22,25)/t13-/m0/s1. The van der Waals surface area contributed by atoms with E-state index in [1.54, 1.807) is 56.5 Å². The fourth-order valence-corrected chi connectivity index (χ4v) is 3.80. The predicted molar refractivity (Wildman–Crippen MR) is 113 cm³/mol. The quantitative estimate of drug-likeness (QED) is 0.363. The van der Waals surface area contributed by atoms with E-state index in [1.165, 1.54) is 16.3 Å². The van der Waals surface area contributed by atoms with E-state index in [0.29, 0.717) is 39.9 Å². The summed E-state index contributed by atoms with van der Waals surface area (Å²) in [6.07, 6.45) is 0. The molecule has 0 aliphatic heterocycles. The molecule has 0 aliphatic rings. The maximum absolute atomic E-state index is 13.2. The van der Waals surface area contributed by atoms with Crippen molar-refractivity contribution >= 4 is 40.2 Å². The Morgan fingerprint density at radius 3 is 2.82 bits per heavy atom. The molecule has 0 saturated heterocycles. The summed E-state index contributed by atoms with van der Waals surface area (Å²) >= 11 is 7.35. The predicted octanol–water partition coefficient (Wildman–Crippen LogP) is 3.28. The third kappa shape index (κ3) is 4.55. The van der Waals surface area contributed by atoms with Gasteiger partial charge >= 0.3 is 0 Å². The Kier molecular flexibility index (Phi) is 6.72. The van der Waals surface area contributed by atoms with Gasteiger partial charge in [-0.05, 0) is 37.3 Å². The summed E-state index contributed by atoms with van der Waals surface area (Å²) in [5.41, 5.74) is 0.980. The van der Waals surface area contributed by atoms with Crippen molar-refractivity contribution in [2.45, 2.75) is 17.3 Å². The lowest BCUT2D eigenvalue weighted by molar-refractivity contribution is -0.120. The average molecular weight is 418 g/mol. The number of amides is 1. The van der Waals surface area contributed by atoms with Gasteiger partial charge in [-0.25, -0.2) is 4.98 Å². The van der Waals surface area contributed by atoms with Gasteiger partial charge in [0, 0.05) is 18.7 Å². The van der Waals surface area contributed by atoms with Crippen LogP contribution in [0.4, 0.5) is 0 Å². The molecule has 0 saturated carbocycles. The molecule has 0 unspecified atom stereocenters. The topological polar surface area (TPSA) is 73.2 Å². The number of hydrogen-bond donors (Lipinski definition) is 1. The molecule has 6 nitrogen and oxygen atoms in total. The van der Waals surface area contributed by atoms with Gasteiger partial charge in [0.15, 0.2) is 5.16 Å². The molecule has 0 spiro atoms. The lowest BCUT2D eigenvalue weighted by atomic mass is 10.2. The lowest BCUT2D eigenvalue weighted by Crippen LogP contribution is -2.34. The zero-order valence-corrected chi connectivity index (χ0v) is 17.1. The summed E-state index contributed by atoms with van der Waals surface area (Å²) in [7, 11) is 1.58. The van der Waals surface area contributed by atoms with Gasteiger partial charge in [0.2, 0.25) is 5.91 Å². The second kappa shape index (κ2) is 9.23. The first-order valence-corrected chi connectivity index (χ1v) is 9.98. The van der Waals surface area contributed by atoms with E-state index >= 15 is 0 Å². The summed E-state index contributed by atoms with van der Waals surface area (Å²) < 4.78 is 6.45. The average Bonchev–Trinajstić information content (AvgIpc) is 2.68. The minimum atomic E-state index is -0.449. The number of methoxy groups -OCH3 is 1. The molecule has 2 aromatic carbocycles. The molecule has 3 aromatic rings. The second-order valence-corrected chi connectivity index (χ2v) is 7.82. The molecular formula is C20H20ClN3O3S. The van der Waals surface area contributed by atoms with Crippen molar-refractivity contribution in [3.05, 3.63) is 63.9 Å². The van der Waals surface area contributed by atoms with E-state index in [-0.39, 0.29) is 11.5 Å². The monoisotopic (exact) mass is 417 g/mol. The van der Waals surface area contributed by atoms with Crippen molar-refractivity contribution in [1.29, 1.82) is 0 Å². The van der Waals surface area contributed by atoms with Crippen LogP contribution < -0.4 is 10.9 Å². The van der Waals surface area contributed by atoms with Crippen molar-refractivity contribution in [3.63, 3.8) is 0 Å². The van der Waals surface area contributed by atoms with E-state index < -0.39 is 5.25 Å². The fraction of sp³-hybridized carbons (Fsp3) is 0.250. The molecule has 1 heterocycles. The van der Waals surface area contributed by atoms with Crippen molar-refractivity contribution in [1.82, 2.24) is 14.9 Å². The number of aromatic nitrogens is 2. The van der Waals surface area contributed by atoms with E-state index in [4.69, 9.17) is 16.3 Å². The highest BCUT2D eigenvalue weighted by atomic mass is 35.5. The van der Waals surface area contributed by atoms with Crippen LogP contribution in [-0.4, -0.2) is 41.0 Å². The van der Waals surface area contributed by atoms with Crippen LogP contribution in [0.1, 0.15) is 6.92 Å². The van der Waals surface area contributed by atoms with Gasteiger partial charge in [-0.15, -0.1) is 0 Å². The SMILES string of the molecule is COCCNC(=O)[C@H](C)Sc1nc2ccccc2c(=O)n1-c1cccc(Cl)c1. The molecule has 0 radical (unpaired) electrons. The number of ether oxygens (including phenoxy) is 1. The van der Waals surface area contributed by atoms with Crippen LogP contribution in [0.15, 0.2) is 58.5 Å². The highest BCUT2D eigenvalue weighted by Crippen LogP contribution is 2.26. The molecule has 28 heavy (non-hydrogen) atoms. The zero-order valence-electron chi connectivity index (χ0n) is 15.5. The molecule has 1 aromatic heterocycles. The number of halogens is 1. The first-order chi connectivity index (χ1) is 13.5. The van der Waals surface area contributed by atoms with Crippen molar-refractivity contribution in [2.75, 3.05) is 20.3 Å². The number of para-hydroxylation sites is 1. The van der Waals surface area contributed by atoms with Gasteiger partial charge in [0.1, 0.15) is 0 Å². The summed E-state index contributed by atoms with van der Waals surface area (Å²) in [4.78, 5) is 30.2. The van der Waals surface area contributed by atoms with Gasteiger partial charge in [0.05, 0.1) is 28.4 Å². The van der Waals surface area contributed by atoms with Crippen molar-refractivity contribution < 1.29 is 9.53 Å². The number of benzene rings is 2. The summed E-state index contributed by atoms with van der Waals surface area (Å²) in [6, 6.07) is 14.1. The Morgan fingerprint density at radius 2 is 2.07 bits per heavy atom. The summed E-state index contributed by atoms with van der Waals surface area (Å²) in [5, 5.41) is 3.80. The molecule has 0 bridgehead atoms. The van der Waals surface area contributed by atoms with Gasteiger partial charge in [0.25, 0.3) is 5.56 Å². The molecule has 1 atom stereocenters. The van der Waals surface area contributed by atoms with Crippen molar-refractivity contribution in [3.8, 4) is 5.69 Å². The fourth-order valence-electron chi connectivity index (χ4n) is 2.67. The first kappa shape index (κ1) is 20.4. The molecule has 0 fully saturated rings. The smallest absolute Gasteiger partial charge is 0.266 e. The zero-order chi connectivity index (χ0) is 20.1. The van der Waals surface area contributed by atoms with Crippen LogP contribution >= 0.6 is 23.4 Å². The maximum atomic E-state index is 13.2. The van der Waals surface area contributed by atoms with Gasteiger partial charge < -0.3 is 10.1 Å². The molecule has 8 heteroatoms. The Labute approximate surface area is 171 Å². The molecule has 0 aliphatic carbocycles. The third-order valence-corrected chi connectivity index (χ3v) is 5.36. The second-order valence-electron chi connectivity index (χ2n) is 6.08. The van der Waals surface area contributed by atoms with Crippen LogP contribution in [0.25, 0.3) is 16.6 Å². The van der Waals surface area contributed by atoms with Crippen LogP contribution in [0.2, 0.25) is 5.02 Å². The Balaban J connectivity index is 2.04. The van der Waals surface area contributed by atoms with Crippen LogP contribution in [-0.2, 0) is 9.53 Å².